The highest BCUT2D eigenvalue weighted by Crippen LogP contribution is 2.09. The van der Waals surface area contributed by atoms with Gasteiger partial charge in [0.05, 0.1) is 0 Å². The summed E-state index contributed by atoms with van der Waals surface area (Å²) in [5.74, 6) is -0.504. The van der Waals surface area contributed by atoms with Crippen LogP contribution in [0.25, 0.3) is 0 Å². The maximum absolute atomic E-state index is 12.5. The maximum atomic E-state index is 12.5. The van der Waals surface area contributed by atoms with Gasteiger partial charge in [-0.1, -0.05) is 30.3 Å². The Morgan fingerprint density at radius 1 is 1.11 bits per heavy atom. The van der Waals surface area contributed by atoms with Crippen LogP contribution in [0.4, 0.5) is 4.79 Å². The molecule has 0 saturated carbocycles. The first-order valence-electron chi connectivity index (χ1n) is 9.40. The second-order valence-corrected chi connectivity index (χ2v) is 7.71. The zero-order valence-electron chi connectivity index (χ0n) is 17.0. The summed E-state index contributed by atoms with van der Waals surface area (Å²) in [6.07, 6.45) is 0.927. The number of alkyl carbamates (subject to hydrolysis) is 1. The van der Waals surface area contributed by atoms with E-state index in [0.29, 0.717) is 12.7 Å². The zero-order valence-corrected chi connectivity index (χ0v) is 17.0. The number of ketones is 1. The molecule has 0 aromatic heterocycles. The van der Waals surface area contributed by atoms with E-state index in [1.165, 1.54) is 0 Å². The van der Waals surface area contributed by atoms with E-state index >= 15 is 0 Å². The van der Waals surface area contributed by atoms with E-state index in [1.807, 2.05) is 30.3 Å². The molecule has 0 aliphatic carbocycles. The van der Waals surface area contributed by atoms with E-state index in [2.05, 4.69) is 10.6 Å². The van der Waals surface area contributed by atoms with Crippen LogP contribution in [0.3, 0.4) is 0 Å². The van der Waals surface area contributed by atoms with E-state index < -0.39 is 29.7 Å². The van der Waals surface area contributed by atoms with Crippen LogP contribution >= 0.6 is 0 Å². The van der Waals surface area contributed by atoms with Crippen LogP contribution < -0.4 is 10.6 Å². The Bertz CT molecular complexity index is 667. The number of hydrogen-bond donors (Lipinski definition) is 2. The molecule has 0 spiro atoms. The van der Waals surface area contributed by atoms with Gasteiger partial charge >= 0.3 is 6.09 Å². The number of carbonyl (C=O) groups excluding carboxylic acids is 4. The number of amides is 2. The number of Topliss-reactive ketones (excluding diaryl/α,β-unsaturated/α-hetero) is 1. The lowest BCUT2D eigenvalue weighted by atomic mass is 9.99. The van der Waals surface area contributed by atoms with E-state index in [9.17, 15) is 19.2 Å². The van der Waals surface area contributed by atoms with Crippen LogP contribution in [-0.2, 0) is 25.5 Å². The van der Waals surface area contributed by atoms with Gasteiger partial charge in [0.25, 0.3) is 0 Å². The van der Waals surface area contributed by atoms with Gasteiger partial charge in [-0.2, -0.15) is 0 Å². The van der Waals surface area contributed by atoms with Gasteiger partial charge in [-0.3, -0.25) is 9.59 Å². The Balaban J connectivity index is 2.71. The first kappa shape index (κ1) is 23.3. The summed E-state index contributed by atoms with van der Waals surface area (Å²) in [5.41, 5.74) is 0.310. The predicted molar refractivity (Wildman–Crippen MR) is 106 cm³/mol. The Morgan fingerprint density at radius 2 is 1.75 bits per heavy atom. The van der Waals surface area contributed by atoms with Crippen LogP contribution in [0, 0.1) is 0 Å². The van der Waals surface area contributed by atoms with Crippen molar-refractivity contribution in [2.24, 2.45) is 0 Å². The Hall–Kier alpha value is -2.70. The quantitative estimate of drug-likeness (QED) is 0.598. The zero-order chi connectivity index (χ0) is 21.2. The average molecular weight is 390 g/mol. The molecule has 28 heavy (non-hydrogen) atoms. The molecule has 1 aromatic carbocycles. The number of hydrogen-bond acceptors (Lipinski definition) is 5. The fraction of sp³-hybridized carbons (Fsp3) is 0.524. The van der Waals surface area contributed by atoms with Gasteiger partial charge in [0.15, 0.2) is 0 Å². The fourth-order valence-electron chi connectivity index (χ4n) is 2.55. The molecule has 0 aliphatic heterocycles. The molecule has 1 aromatic rings. The van der Waals surface area contributed by atoms with Gasteiger partial charge in [0.2, 0.25) is 5.91 Å². The minimum Gasteiger partial charge on any atom is -0.444 e. The first-order chi connectivity index (χ1) is 13.1. The number of ether oxygens (including phenoxy) is 1. The van der Waals surface area contributed by atoms with E-state index in [1.54, 1.807) is 27.7 Å². The normalized spacial score (nSPS) is 13.1. The molecule has 7 heteroatoms. The summed E-state index contributed by atoms with van der Waals surface area (Å²) in [6.45, 7) is 6.75. The highest BCUT2D eigenvalue weighted by molar-refractivity contribution is 5.86. The molecule has 0 unspecified atom stereocenters. The molecule has 0 bridgehead atoms. The number of aldehydes is 1. The summed E-state index contributed by atoms with van der Waals surface area (Å²) >= 11 is 0. The fourth-order valence-corrected chi connectivity index (χ4v) is 2.55. The molecule has 0 fully saturated rings. The number of nitrogens with one attached hydrogen (secondary N) is 2. The lowest BCUT2D eigenvalue weighted by Gasteiger charge is -2.24. The number of carbonyl (C=O) groups is 4. The third-order valence-corrected chi connectivity index (χ3v) is 3.81. The van der Waals surface area contributed by atoms with Gasteiger partial charge in [-0.05, 0) is 39.7 Å². The molecule has 2 amide bonds. The van der Waals surface area contributed by atoms with Crippen molar-refractivity contribution in [3.63, 3.8) is 0 Å². The molecular weight excluding hydrogens is 360 g/mol. The van der Waals surface area contributed by atoms with Crippen molar-refractivity contribution >= 4 is 24.1 Å². The topological polar surface area (TPSA) is 102 Å². The minimum absolute atomic E-state index is 0.0962. The molecule has 7 nitrogen and oxygen atoms in total. The van der Waals surface area contributed by atoms with Gasteiger partial charge in [-0.25, -0.2) is 4.79 Å². The highest BCUT2D eigenvalue weighted by atomic mass is 16.6. The molecule has 0 saturated heterocycles. The third-order valence-electron chi connectivity index (χ3n) is 3.81. The molecule has 2 atom stereocenters. The average Bonchev–Trinajstić information content (AvgIpc) is 2.58. The smallest absolute Gasteiger partial charge is 0.408 e. The third kappa shape index (κ3) is 9.85. The van der Waals surface area contributed by atoms with Crippen molar-refractivity contribution in [1.29, 1.82) is 0 Å². The van der Waals surface area contributed by atoms with Gasteiger partial charge < -0.3 is 20.2 Å². The van der Waals surface area contributed by atoms with Crippen LogP contribution in [0.1, 0.15) is 52.5 Å². The largest absolute Gasteiger partial charge is 0.444 e. The summed E-state index contributed by atoms with van der Waals surface area (Å²) in [4.78, 5) is 46.9. The maximum Gasteiger partial charge on any atom is 0.408 e. The van der Waals surface area contributed by atoms with Crippen molar-refractivity contribution < 1.29 is 23.9 Å². The molecule has 2 N–H and O–H groups in total. The van der Waals surface area contributed by atoms with E-state index in [4.69, 9.17) is 4.74 Å². The summed E-state index contributed by atoms with van der Waals surface area (Å²) in [6, 6.07) is 8.23. The Morgan fingerprint density at radius 3 is 2.32 bits per heavy atom. The van der Waals surface area contributed by atoms with Crippen LogP contribution in [0.5, 0.6) is 0 Å². The summed E-state index contributed by atoms with van der Waals surface area (Å²) in [5, 5.41) is 5.31. The predicted octanol–water partition coefficient (Wildman–Crippen LogP) is 2.57. The van der Waals surface area contributed by atoms with Crippen LogP contribution in [0.2, 0.25) is 0 Å². The SMILES string of the molecule is C[C@H](NC(=O)OC(C)(C)C)C(=O)N[C@H](CC(=O)CCC=O)Cc1ccccc1. The Kier molecular flexibility index (Phi) is 9.35. The first-order valence-corrected chi connectivity index (χ1v) is 9.40. The second kappa shape index (κ2) is 11.2. The monoisotopic (exact) mass is 390 g/mol. The molecular formula is C21H30N2O5. The van der Waals surface area contributed by atoms with Crippen molar-refractivity contribution in [3.8, 4) is 0 Å². The molecule has 154 valence electrons. The van der Waals surface area contributed by atoms with Crippen LogP contribution in [0.15, 0.2) is 30.3 Å². The van der Waals surface area contributed by atoms with E-state index in [-0.39, 0.29) is 25.0 Å². The van der Waals surface area contributed by atoms with Gasteiger partial charge in [0.1, 0.15) is 23.7 Å². The second-order valence-electron chi connectivity index (χ2n) is 7.71. The molecule has 0 heterocycles. The van der Waals surface area contributed by atoms with Crippen molar-refractivity contribution in [3.05, 3.63) is 35.9 Å². The van der Waals surface area contributed by atoms with Crippen molar-refractivity contribution in [2.75, 3.05) is 0 Å². The number of rotatable bonds is 10. The number of benzene rings is 1. The lowest BCUT2D eigenvalue weighted by molar-refractivity contribution is -0.124. The van der Waals surface area contributed by atoms with E-state index in [0.717, 1.165) is 5.56 Å². The van der Waals surface area contributed by atoms with Gasteiger partial charge in [-0.15, -0.1) is 0 Å². The molecule has 0 aliphatic rings. The van der Waals surface area contributed by atoms with Crippen molar-refractivity contribution in [1.82, 2.24) is 10.6 Å². The minimum atomic E-state index is -0.821. The lowest BCUT2D eigenvalue weighted by Crippen LogP contribution is -2.50. The standard InChI is InChI=1S/C21H30N2O5/c1-15(22-20(27)28-21(2,3)4)19(26)23-17(14-18(25)11-8-12-24)13-16-9-6-5-7-10-16/h5-7,9-10,12,15,17H,8,11,13-14H2,1-4H3,(H,22,27)(H,23,26)/t15-,17-/m0/s1. The van der Waals surface area contributed by atoms with Crippen LogP contribution in [-0.4, -0.2) is 41.8 Å². The Labute approximate surface area is 166 Å². The van der Waals surface area contributed by atoms with Gasteiger partial charge in [0, 0.05) is 25.3 Å². The molecule has 0 radical (unpaired) electrons. The summed E-state index contributed by atoms with van der Waals surface area (Å²) in [7, 11) is 0. The summed E-state index contributed by atoms with van der Waals surface area (Å²) < 4.78 is 5.15. The molecule has 1 rings (SSSR count). The highest BCUT2D eigenvalue weighted by Gasteiger charge is 2.24. The van der Waals surface area contributed by atoms with Crippen molar-refractivity contribution in [2.45, 2.75) is 71.1 Å².